The molecular formula is C23H25F3N2O. The van der Waals surface area contributed by atoms with Crippen molar-refractivity contribution in [2.45, 2.75) is 45.3 Å². The summed E-state index contributed by atoms with van der Waals surface area (Å²) in [5, 5.41) is 3.87. The summed E-state index contributed by atoms with van der Waals surface area (Å²) in [4.78, 5) is 15.9. The molecule has 0 spiro atoms. The molecule has 2 N–H and O–H groups in total. The van der Waals surface area contributed by atoms with Crippen LogP contribution in [-0.2, 0) is 11.0 Å². The second kappa shape index (κ2) is 8.31. The molecule has 154 valence electrons. The first-order chi connectivity index (χ1) is 13.7. The first-order valence-corrected chi connectivity index (χ1v) is 9.69. The Labute approximate surface area is 168 Å². The molecule has 1 amide bonds. The highest BCUT2D eigenvalue weighted by Gasteiger charge is 2.32. The lowest BCUT2D eigenvalue weighted by Crippen LogP contribution is -2.36. The fourth-order valence-corrected chi connectivity index (χ4v) is 3.39. The number of benzene rings is 2. The van der Waals surface area contributed by atoms with Crippen molar-refractivity contribution in [2.24, 2.45) is 5.92 Å². The molecule has 3 nitrogen and oxygen atoms in total. The van der Waals surface area contributed by atoms with Gasteiger partial charge in [0.2, 0.25) is 5.91 Å². The molecule has 1 aromatic heterocycles. The number of fused-ring (bicyclic) bond motifs is 1. The van der Waals surface area contributed by atoms with Gasteiger partial charge in [0.15, 0.2) is 0 Å². The number of para-hydroxylation sites is 1. The molecule has 0 fully saturated rings. The first kappa shape index (κ1) is 21.0. The van der Waals surface area contributed by atoms with E-state index in [2.05, 4.69) is 10.3 Å². The van der Waals surface area contributed by atoms with Gasteiger partial charge in [0.05, 0.1) is 5.56 Å². The average Bonchev–Trinajstić information content (AvgIpc) is 3.09. The second-order valence-corrected chi connectivity index (χ2v) is 7.77. The Morgan fingerprint density at radius 2 is 1.79 bits per heavy atom. The quantitative estimate of drug-likeness (QED) is 0.532. The smallest absolute Gasteiger partial charge is 0.361 e. The van der Waals surface area contributed by atoms with Gasteiger partial charge >= 0.3 is 6.18 Å². The number of carbonyl (C=O) groups is 1. The molecule has 0 saturated heterocycles. The molecule has 0 saturated carbocycles. The predicted molar refractivity (Wildman–Crippen MR) is 109 cm³/mol. The molecule has 0 unspecified atom stereocenters. The fraction of sp³-hybridized carbons (Fsp3) is 0.348. The van der Waals surface area contributed by atoms with E-state index in [1.165, 1.54) is 6.07 Å². The zero-order chi connectivity index (χ0) is 21.2. The van der Waals surface area contributed by atoms with E-state index in [1.54, 1.807) is 12.3 Å². The van der Waals surface area contributed by atoms with E-state index in [9.17, 15) is 18.0 Å². The first-order valence-electron chi connectivity index (χ1n) is 9.69. The summed E-state index contributed by atoms with van der Waals surface area (Å²) < 4.78 is 39.8. The van der Waals surface area contributed by atoms with Crippen molar-refractivity contribution in [1.82, 2.24) is 10.3 Å². The molecule has 3 aromatic rings. The van der Waals surface area contributed by atoms with Crippen LogP contribution in [0.1, 0.15) is 49.8 Å². The van der Waals surface area contributed by atoms with E-state index in [1.807, 2.05) is 45.0 Å². The van der Waals surface area contributed by atoms with Crippen molar-refractivity contribution in [1.29, 1.82) is 0 Å². The third-order valence-corrected chi connectivity index (χ3v) is 5.39. The van der Waals surface area contributed by atoms with Gasteiger partial charge in [-0.2, -0.15) is 13.2 Å². The minimum Gasteiger partial charge on any atom is -0.361 e. The van der Waals surface area contributed by atoms with Crippen molar-refractivity contribution in [3.63, 3.8) is 0 Å². The monoisotopic (exact) mass is 402 g/mol. The highest BCUT2D eigenvalue weighted by atomic mass is 19.4. The number of aromatic amines is 1. The molecule has 3 rings (SSSR count). The lowest BCUT2D eigenvalue weighted by atomic mass is 9.87. The Morgan fingerprint density at radius 1 is 1.07 bits per heavy atom. The number of amides is 1. The lowest BCUT2D eigenvalue weighted by Gasteiger charge is -2.22. The number of nitrogens with one attached hydrogen (secondary N) is 2. The molecular weight excluding hydrogens is 377 g/mol. The van der Waals surface area contributed by atoms with Gasteiger partial charge < -0.3 is 10.3 Å². The molecule has 0 aliphatic carbocycles. The van der Waals surface area contributed by atoms with Crippen LogP contribution < -0.4 is 5.32 Å². The van der Waals surface area contributed by atoms with Crippen molar-refractivity contribution in [3.05, 3.63) is 71.4 Å². The van der Waals surface area contributed by atoms with E-state index in [-0.39, 0.29) is 24.3 Å². The molecule has 0 aliphatic rings. The molecule has 2 aromatic carbocycles. The summed E-state index contributed by atoms with van der Waals surface area (Å²) >= 11 is 0. The molecule has 0 aliphatic heterocycles. The second-order valence-electron chi connectivity index (χ2n) is 7.77. The van der Waals surface area contributed by atoms with Gasteiger partial charge in [0.1, 0.15) is 0 Å². The third-order valence-electron chi connectivity index (χ3n) is 5.39. The Hall–Kier alpha value is -2.76. The number of rotatable bonds is 6. The van der Waals surface area contributed by atoms with Gasteiger partial charge in [-0.25, -0.2) is 0 Å². The van der Waals surface area contributed by atoms with E-state index < -0.39 is 17.7 Å². The van der Waals surface area contributed by atoms with Gasteiger partial charge in [0.25, 0.3) is 0 Å². The SMILES string of the molecule is CC(C)[C@H](C)NC(=O)C[C@H](c1cccc(C(F)(F)F)c1)c1c[nH]c2ccccc12. The topological polar surface area (TPSA) is 44.9 Å². The minimum absolute atomic E-state index is 0.0207. The molecule has 0 radical (unpaired) electrons. The van der Waals surface area contributed by atoms with Crippen molar-refractivity contribution in [2.75, 3.05) is 0 Å². The van der Waals surface area contributed by atoms with Gasteiger partial charge in [-0.3, -0.25) is 4.79 Å². The van der Waals surface area contributed by atoms with Gasteiger partial charge in [0, 0.05) is 35.5 Å². The standard InChI is InChI=1S/C23H25F3N2O/c1-14(2)15(3)28-22(29)12-19(16-7-6-8-17(11-16)23(24,25)26)20-13-27-21-10-5-4-9-18(20)21/h4-11,13-15,19,27H,12H2,1-3H3,(H,28,29)/t15-,19+/m0/s1. The predicted octanol–water partition coefficient (Wildman–Crippen LogP) is 5.87. The molecule has 2 atom stereocenters. The van der Waals surface area contributed by atoms with Crippen LogP contribution in [-0.4, -0.2) is 16.9 Å². The fourth-order valence-electron chi connectivity index (χ4n) is 3.39. The van der Waals surface area contributed by atoms with Gasteiger partial charge in [-0.05, 0) is 36.1 Å². The number of hydrogen-bond donors (Lipinski definition) is 2. The van der Waals surface area contributed by atoms with Crippen LogP contribution >= 0.6 is 0 Å². The average molecular weight is 402 g/mol. The van der Waals surface area contributed by atoms with Crippen LogP contribution in [0, 0.1) is 5.92 Å². The minimum atomic E-state index is -4.44. The maximum absolute atomic E-state index is 13.3. The number of alkyl halides is 3. The lowest BCUT2D eigenvalue weighted by molar-refractivity contribution is -0.137. The summed E-state index contributed by atoms with van der Waals surface area (Å²) in [5.41, 5.74) is 1.45. The van der Waals surface area contributed by atoms with E-state index in [0.29, 0.717) is 5.56 Å². The third kappa shape index (κ3) is 4.81. The summed E-state index contributed by atoms with van der Waals surface area (Å²) in [6.45, 7) is 5.94. The maximum Gasteiger partial charge on any atom is 0.416 e. The number of halogens is 3. The number of hydrogen-bond acceptors (Lipinski definition) is 1. The van der Waals surface area contributed by atoms with Crippen LogP contribution in [0.25, 0.3) is 10.9 Å². The number of H-pyrrole nitrogens is 1. The normalized spacial score (nSPS) is 14.2. The van der Waals surface area contributed by atoms with Crippen molar-refractivity contribution >= 4 is 16.8 Å². The van der Waals surface area contributed by atoms with E-state index in [0.717, 1.165) is 28.6 Å². The van der Waals surface area contributed by atoms with Crippen LogP contribution in [0.4, 0.5) is 13.2 Å². The van der Waals surface area contributed by atoms with Crippen molar-refractivity contribution < 1.29 is 18.0 Å². The van der Waals surface area contributed by atoms with Gasteiger partial charge in [-0.1, -0.05) is 50.2 Å². The zero-order valence-electron chi connectivity index (χ0n) is 16.7. The van der Waals surface area contributed by atoms with Crippen LogP contribution in [0.5, 0.6) is 0 Å². The molecule has 29 heavy (non-hydrogen) atoms. The Bertz CT molecular complexity index is 991. The van der Waals surface area contributed by atoms with Crippen LogP contribution in [0.3, 0.4) is 0 Å². The summed E-state index contributed by atoms with van der Waals surface area (Å²) in [5.74, 6) is -0.411. The Kier molecular flexibility index (Phi) is 6.01. The molecule has 1 heterocycles. The Morgan fingerprint density at radius 3 is 2.48 bits per heavy atom. The largest absolute Gasteiger partial charge is 0.416 e. The summed E-state index contributed by atoms with van der Waals surface area (Å²) in [6.07, 6.45) is -2.58. The molecule has 0 bridgehead atoms. The summed E-state index contributed by atoms with van der Waals surface area (Å²) in [6, 6.07) is 12.8. The van der Waals surface area contributed by atoms with Gasteiger partial charge in [-0.15, -0.1) is 0 Å². The number of aromatic nitrogens is 1. The summed E-state index contributed by atoms with van der Waals surface area (Å²) in [7, 11) is 0. The maximum atomic E-state index is 13.3. The van der Waals surface area contributed by atoms with E-state index in [4.69, 9.17) is 0 Å². The van der Waals surface area contributed by atoms with Crippen LogP contribution in [0.2, 0.25) is 0 Å². The zero-order valence-corrected chi connectivity index (χ0v) is 16.7. The van der Waals surface area contributed by atoms with Crippen molar-refractivity contribution in [3.8, 4) is 0 Å². The van der Waals surface area contributed by atoms with Crippen LogP contribution in [0.15, 0.2) is 54.7 Å². The van der Waals surface area contributed by atoms with E-state index >= 15 is 0 Å². The molecule has 6 heteroatoms. The number of carbonyl (C=O) groups excluding carboxylic acids is 1. The Balaban J connectivity index is 2.02. The highest BCUT2D eigenvalue weighted by Crippen LogP contribution is 2.36. The highest BCUT2D eigenvalue weighted by molar-refractivity contribution is 5.86.